The maximum Gasteiger partial charge on any atom is 0.374 e. The highest BCUT2D eigenvalue weighted by molar-refractivity contribution is 6.58. The smallest absolute Gasteiger partial charge is 0.374 e. The third-order valence-electron chi connectivity index (χ3n) is 0.636. The third kappa shape index (κ3) is 1.21. The van der Waals surface area contributed by atoms with Crippen molar-refractivity contribution in [2.45, 2.75) is 0 Å². The Kier molecular flexibility index (Phi) is 1.77. The van der Waals surface area contributed by atoms with Gasteiger partial charge in [0.15, 0.2) is 0 Å². The summed E-state index contributed by atoms with van der Waals surface area (Å²) in [7, 11) is -2.20. The zero-order valence-corrected chi connectivity index (χ0v) is 6.36. The van der Waals surface area contributed by atoms with Crippen LogP contribution in [0.4, 0.5) is 0 Å². The van der Waals surface area contributed by atoms with Gasteiger partial charge in [-0.15, -0.1) is 6.58 Å². The molecule has 1 saturated heterocycles. The van der Waals surface area contributed by atoms with Crippen LogP contribution in [0.3, 0.4) is 0 Å². The third-order valence-corrected chi connectivity index (χ3v) is 3.71. The first kappa shape index (κ1) is 5.20. The van der Waals surface area contributed by atoms with Gasteiger partial charge in [-0.1, -0.05) is 5.70 Å². The van der Waals surface area contributed by atoms with E-state index in [0.29, 0.717) is 0 Å². The first-order valence-corrected chi connectivity index (χ1v) is 4.72. The van der Waals surface area contributed by atoms with Crippen molar-refractivity contribution in [3.05, 3.63) is 12.3 Å². The van der Waals surface area contributed by atoms with Crippen LogP contribution in [0, 0.1) is 0 Å². The van der Waals surface area contributed by atoms with Crippen molar-refractivity contribution in [3.8, 4) is 0 Å². The van der Waals surface area contributed by atoms with Gasteiger partial charge in [0.25, 0.3) is 0 Å². The molecule has 1 atom stereocenters. The molecule has 0 aromatic carbocycles. The van der Waals surface area contributed by atoms with Crippen molar-refractivity contribution in [3.63, 3.8) is 0 Å². The normalized spacial score (nSPS) is 34.0. The zero-order chi connectivity index (χ0) is 5.11. The molecule has 40 valence electrons. The van der Waals surface area contributed by atoms with Gasteiger partial charge < -0.3 is 4.12 Å². The molecule has 0 radical (unpaired) electrons. The minimum atomic E-state index is -1.46. The molecule has 0 saturated carbocycles. The van der Waals surface area contributed by atoms with E-state index in [9.17, 15) is 0 Å². The van der Waals surface area contributed by atoms with Crippen LogP contribution < -0.4 is 0 Å². The van der Waals surface area contributed by atoms with Gasteiger partial charge in [-0.3, -0.25) is 9.15 Å². The molecule has 1 fully saturated rings. The summed E-state index contributed by atoms with van der Waals surface area (Å²) in [6, 6.07) is 0. The molecule has 5 heteroatoms. The lowest BCUT2D eigenvalue weighted by atomic mass is 11.3. The molecule has 1 aliphatic heterocycles. The summed E-state index contributed by atoms with van der Waals surface area (Å²) in [5.41, 5.74) is 1.69. The second-order valence-electron chi connectivity index (χ2n) is 1.10. The second-order valence-corrected chi connectivity index (χ2v) is 4.31. The Morgan fingerprint density at radius 1 is 1.71 bits per heavy atom. The Hall–Kier alpha value is 0.0538. The predicted molar refractivity (Wildman–Crippen MR) is 29.1 cm³/mol. The van der Waals surface area contributed by atoms with Crippen LogP contribution in [0.5, 0.6) is 0 Å². The van der Waals surface area contributed by atoms with Crippen molar-refractivity contribution in [2.24, 2.45) is 0 Å². The average Bonchev–Trinajstić information content (AvgIpc) is 2.14. The van der Waals surface area contributed by atoms with Crippen LogP contribution >= 0.6 is 0 Å². The standard InChI is InChI=1S/C2H6O3Si2/c1-2-7-4-3-6-5-7/h2,7H,1,6H2. The first-order chi connectivity index (χ1) is 3.43. The highest BCUT2D eigenvalue weighted by Gasteiger charge is 2.15. The van der Waals surface area contributed by atoms with Gasteiger partial charge in [0.05, 0.1) is 0 Å². The van der Waals surface area contributed by atoms with Gasteiger partial charge in [0, 0.05) is 0 Å². The minimum Gasteiger partial charge on any atom is -0.415 e. The van der Waals surface area contributed by atoms with E-state index < -0.39 is 19.3 Å². The van der Waals surface area contributed by atoms with Crippen LogP contribution in [0.25, 0.3) is 0 Å². The summed E-state index contributed by atoms with van der Waals surface area (Å²) in [5.74, 6) is 0. The first-order valence-electron chi connectivity index (χ1n) is 1.96. The summed E-state index contributed by atoms with van der Waals surface area (Å²) < 4.78 is 14.2. The monoisotopic (exact) mass is 134 g/mol. The van der Waals surface area contributed by atoms with Crippen LogP contribution in [-0.2, 0) is 13.3 Å². The minimum absolute atomic E-state index is 0.747. The molecule has 1 aliphatic rings. The zero-order valence-electron chi connectivity index (χ0n) is 3.79. The Labute approximate surface area is 45.7 Å². The summed E-state index contributed by atoms with van der Waals surface area (Å²) in [5, 5.41) is 0. The molecule has 0 aromatic heterocycles. The SMILES string of the molecule is C=C[SiH]1OO[SiH2]O1. The topological polar surface area (TPSA) is 27.7 Å². The van der Waals surface area contributed by atoms with Crippen LogP contribution in [0.2, 0.25) is 0 Å². The maximum absolute atomic E-state index is 5.02. The molecule has 0 N–H and O–H groups in total. The van der Waals surface area contributed by atoms with Crippen LogP contribution in [0.15, 0.2) is 12.3 Å². The van der Waals surface area contributed by atoms with Crippen molar-refractivity contribution < 1.29 is 13.3 Å². The molecule has 0 bridgehead atoms. The molecule has 0 amide bonds. The van der Waals surface area contributed by atoms with Crippen molar-refractivity contribution in [1.29, 1.82) is 0 Å². The maximum atomic E-state index is 5.02. The Balaban J connectivity index is 2.26. The van der Waals surface area contributed by atoms with E-state index in [2.05, 4.69) is 15.7 Å². The highest BCUT2D eigenvalue weighted by atomic mass is 28.4. The van der Waals surface area contributed by atoms with Gasteiger partial charge in [0.1, 0.15) is 0 Å². The lowest BCUT2D eigenvalue weighted by molar-refractivity contribution is -0.0903. The summed E-state index contributed by atoms with van der Waals surface area (Å²) in [6.45, 7) is 3.50. The van der Waals surface area contributed by atoms with Gasteiger partial charge >= 0.3 is 19.3 Å². The molecule has 1 heterocycles. The quantitative estimate of drug-likeness (QED) is 0.337. The Morgan fingerprint density at radius 2 is 2.57 bits per heavy atom. The Morgan fingerprint density at radius 3 is 2.86 bits per heavy atom. The van der Waals surface area contributed by atoms with Crippen molar-refractivity contribution in [2.75, 3.05) is 0 Å². The predicted octanol–water partition coefficient (Wildman–Crippen LogP) is -1.09. The van der Waals surface area contributed by atoms with E-state index in [0.717, 1.165) is 0 Å². The van der Waals surface area contributed by atoms with Crippen LogP contribution in [0.1, 0.15) is 0 Å². The van der Waals surface area contributed by atoms with E-state index in [-0.39, 0.29) is 0 Å². The van der Waals surface area contributed by atoms with Gasteiger partial charge in [-0.2, -0.15) is 0 Å². The highest BCUT2D eigenvalue weighted by Crippen LogP contribution is 1.97. The Bertz CT molecular complexity index is 69.3. The fraction of sp³-hybridized carbons (Fsp3) is 0. The van der Waals surface area contributed by atoms with E-state index in [4.69, 9.17) is 4.12 Å². The fourth-order valence-electron chi connectivity index (χ4n) is 0.325. The lowest BCUT2D eigenvalue weighted by Crippen LogP contribution is -2.08. The number of hydrogen-bond acceptors (Lipinski definition) is 3. The summed E-state index contributed by atoms with van der Waals surface area (Å²) in [6.07, 6.45) is 0. The number of rotatable bonds is 1. The van der Waals surface area contributed by atoms with Crippen molar-refractivity contribution in [1.82, 2.24) is 0 Å². The summed E-state index contributed by atoms with van der Waals surface area (Å²) in [4.78, 5) is 0. The lowest BCUT2D eigenvalue weighted by Gasteiger charge is -1.91. The van der Waals surface area contributed by atoms with Crippen molar-refractivity contribution >= 4 is 19.3 Å². The van der Waals surface area contributed by atoms with E-state index in [1.165, 1.54) is 0 Å². The number of hydrogen-bond donors (Lipinski definition) is 0. The summed E-state index contributed by atoms with van der Waals surface area (Å²) >= 11 is 0. The fourth-order valence-corrected chi connectivity index (χ4v) is 2.69. The second kappa shape index (κ2) is 2.38. The molecule has 1 rings (SSSR count). The molecule has 0 aromatic rings. The molecule has 0 spiro atoms. The van der Waals surface area contributed by atoms with Crippen LogP contribution in [-0.4, -0.2) is 19.3 Å². The van der Waals surface area contributed by atoms with E-state index >= 15 is 0 Å². The molecule has 3 nitrogen and oxygen atoms in total. The molecule has 7 heavy (non-hydrogen) atoms. The largest absolute Gasteiger partial charge is 0.415 e. The average molecular weight is 134 g/mol. The van der Waals surface area contributed by atoms with Gasteiger partial charge in [-0.05, 0) is 0 Å². The van der Waals surface area contributed by atoms with E-state index in [1.54, 1.807) is 5.70 Å². The van der Waals surface area contributed by atoms with Gasteiger partial charge in [-0.25, -0.2) is 0 Å². The van der Waals surface area contributed by atoms with E-state index in [1.807, 2.05) is 0 Å². The molecule has 0 aliphatic carbocycles. The molecular formula is C2H6O3Si2. The molecule has 1 unspecified atom stereocenters. The van der Waals surface area contributed by atoms with Gasteiger partial charge in [0.2, 0.25) is 0 Å². The molecular weight excluding hydrogens is 128 g/mol.